The Morgan fingerprint density at radius 1 is 0.435 bits per heavy atom. The van der Waals surface area contributed by atoms with Gasteiger partial charge in [-0.15, -0.1) is 0 Å². The molecule has 0 saturated heterocycles. The van der Waals surface area contributed by atoms with Gasteiger partial charge in [-0.2, -0.15) is 0 Å². The number of hydrogen-bond acceptors (Lipinski definition) is 9. The molecule has 19 heteroatoms. The van der Waals surface area contributed by atoms with Gasteiger partial charge in [-0.05, 0) is 72.8 Å². The van der Waals surface area contributed by atoms with E-state index in [1.54, 1.807) is 0 Å². The molecule has 6 aromatic rings. The van der Waals surface area contributed by atoms with Crippen LogP contribution in [0.15, 0.2) is 141 Å². The van der Waals surface area contributed by atoms with Crippen molar-refractivity contribution in [3.63, 3.8) is 0 Å². The molecule has 0 atom stereocenters. The van der Waals surface area contributed by atoms with Gasteiger partial charge in [0.2, 0.25) is 0 Å². The Morgan fingerprint density at radius 2 is 0.694 bits per heavy atom. The summed E-state index contributed by atoms with van der Waals surface area (Å²) >= 11 is 0. The van der Waals surface area contributed by atoms with Crippen LogP contribution < -0.4 is 66.9 Å². The van der Waals surface area contributed by atoms with Crippen molar-refractivity contribution in [2.24, 2.45) is 73.0 Å². The van der Waals surface area contributed by atoms with Crippen LogP contribution in [0.3, 0.4) is 0 Å². The van der Waals surface area contributed by atoms with Gasteiger partial charge in [-0.3, -0.25) is 0 Å². The highest BCUT2D eigenvalue weighted by Crippen LogP contribution is 2.22. The molecule has 3 aromatic carbocycles. The van der Waals surface area contributed by atoms with Crippen molar-refractivity contribution in [1.82, 2.24) is 13.7 Å². The summed E-state index contributed by atoms with van der Waals surface area (Å²) in [5, 5.41) is 37.4. The molecular formula is C43H60Cl3N16+. The topological polar surface area (TPSA) is 137 Å². The maximum atomic E-state index is 4.42. The number of nitrogens with one attached hydrogen (secondary N) is 3. The van der Waals surface area contributed by atoms with Gasteiger partial charge in [-0.25, -0.2) is 27.4 Å². The van der Waals surface area contributed by atoms with Gasteiger partial charge in [0.05, 0.1) is 106 Å². The Hall–Kier alpha value is -5.68. The molecule has 0 amide bonds. The van der Waals surface area contributed by atoms with Crippen molar-refractivity contribution in [2.45, 2.75) is 19.3 Å². The fourth-order valence-electron chi connectivity index (χ4n) is 6.83. The summed E-state index contributed by atoms with van der Waals surface area (Å²) in [6, 6.07) is 24.4. The first-order chi connectivity index (χ1) is 28.5. The van der Waals surface area contributed by atoms with Gasteiger partial charge in [0.15, 0.2) is 0 Å². The Morgan fingerprint density at radius 3 is 0.919 bits per heavy atom. The molecule has 3 aromatic heterocycles. The number of aromatic nitrogens is 6. The monoisotopic (exact) mass is 905 g/mol. The van der Waals surface area contributed by atoms with Crippen LogP contribution in [0.4, 0.5) is 52.0 Å². The average molecular weight is 907 g/mol. The number of hydrogen-bond donors (Lipinski definition) is 3. The SMILES string of the molecule is Cn1cc[n+](C)c1N=Nc1ccc(NCCC[N+](C)(CCCNc2ccc(N=Nc3n(C)cc[n+]3C)cc2)CCCNc2ccc(N=Nc3n(C)cc[n+]3C)cc2)cc1.[Cl-].[Cl-].[Cl-]. The molecule has 0 saturated carbocycles. The van der Waals surface area contributed by atoms with E-state index in [2.05, 4.69) is 90.1 Å². The molecule has 0 aliphatic rings. The highest BCUT2D eigenvalue weighted by atomic mass is 35.5. The van der Waals surface area contributed by atoms with Crippen molar-refractivity contribution in [2.75, 3.05) is 62.3 Å². The summed E-state index contributed by atoms with van der Waals surface area (Å²) in [4.78, 5) is 0. The number of nitrogens with zero attached hydrogens (tertiary/aromatic N) is 13. The molecule has 3 heterocycles. The normalized spacial score (nSPS) is 12.2. The third-order valence-corrected chi connectivity index (χ3v) is 10.4. The molecule has 0 radical (unpaired) electrons. The molecule has 62 heavy (non-hydrogen) atoms. The lowest BCUT2D eigenvalue weighted by atomic mass is 10.2. The number of benzene rings is 3. The van der Waals surface area contributed by atoms with Crippen LogP contribution in [0.2, 0.25) is 0 Å². The smallest absolute Gasteiger partial charge is 0.421 e. The number of quaternary nitrogens is 1. The third-order valence-electron chi connectivity index (χ3n) is 10.4. The lowest BCUT2D eigenvalue weighted by Crippen LogP contribution is -3.00. The molecule has 16 nitrogen and oxygen atoms in total. The fraction of sp³-hybridized carbons (Fsp3) is 0.372. The number of azo groups is 3. The lowest BCUT2D eigenvalue weighted by molar-refractivity contribution is -0.909. The van der Waals surface area contributed by atoms with Crippen LogP contribution in [0.1, 0.15) is 19.3 Å². The molecule has 0 fully saturated rings. The van der Waals surface area contributed by atoms with Gasteiger partial charge < -0.3 is 57.7 Å². The van der Waals surface area contributed by atoms with Crippen LogP contribution in [-0.4, -0.2) is 64.5 Å². The summed E-state index contributed by atoms with van der Waals surface area (Å²) in [6.07, 6.45) is 14.9. The van der Waals surface area contributed by atoms with Crippen LogP contribution in [0.25, 0.3) is 0 Å². The van der Waals surface area contributed by atoms with E-state index in [9.17, 15) is 0 Å². The molecule has 0 bridgehead atoms. The van der Waals surface area contributed by atoms with Crippen LogP contribution in [0.5, 0.6) is 0 Å². The Balaban J connectivity index is 0.00000341. The quantitative estimate of drug-likeness (QED) is 0.0359. The van der Waals surface area contributed by atoms with Gasteiger partial charge in [-0.1, -0.05) is 15.3 Å². The first-order valence-corrected chi connectivity index (χ1v) is 20.2. The zero-order chi connectivity index (χ0) is 41.6. The minimum atomic E-state index is 0. The first kappa shape index (κ1) is 50.7. The summed E-state index contributed by atoms with van der Waals surface area (Å²) < 4.78 is 12.7. The molecule has 0 aliphatic heterocycles. The minimum absolute atomic E-state index is 0. The van der Waals surface area contributed by atoms with E-state index in [-0.39, 0.29) is 37.2 Å². The maximum absolute atomic E-state index is 4.42. The highest BCUT2D eigenvalue weighted by Gasteiger charge is 2.21. The largest absolute Gasteiger partial charge is 1.00 e. The van der Waals surface area contributed by atoms with Crippen LogP contribution in [0, 0.1) is 0 Å². The Bertz CT molecular complexity index is 2010. The third kappa shape index (κ3) is 14.8. The van der Waals surface area contributed by atoms with Crippen LogP contribution >= 0.6 is 0 Å². The first-order valence-electron chi connectivity index (χ1n) is 20.2. The van der Waals surface area contributed by atoms with E-state index >= 15 is 0 Å². The molecule has 6 rings (SSSR count). The fourth-order valence-corrected chi connectivity index (χ4v) is 6.83. The average Bonchev–Trinajstić information content (AvgIpc) is 3.87. The van der Waals surface area contributed by atoms with Crippen molar-refractivity contribution >= 4 is 52.0 Å². The molecule has 3 N–H and O–H groups in total. The zero-order valence-electron chi connectivity index (χ0n) is 36.7. The second-order valence-electron chi connectivity index (χ2n) is 15.3. The van der Waals surface area contributed by atoms with Gasteiger partial charge in [0, 0.05) is 71.3 Å². The number of halogens is 3. The minimum Gasteiger partial charge on any atom is -1.00 e. The molecule has 332 valence electrons. The summed E-state index contributed by atoms with van der Waals surface area (Å²) in [7, 11) is 14.2. The van der Waals surface area contributed by atoms with Crippen molar-refractivity contribution in [1.29, 1.82) is 0 Å². The maximum Gasteiger partial charge on any atom is 0.421 e. The lowest BCUT2D eigenvalue weighted by Gasteiger charge is -2.35. The predicted molar refractivity (Wildman–Crippen MR) is 232 cm³/mol. The molecule has 0 spiro atoms. The Labute approximate surface area is 384 Å². The summed E-state index contributed by atoms with van der Waals surface area (Å²) in [5.74, 6) is 2.37. The Kier molecular flexibility index (Phi) is 20.2. The van der Waals surface area contributed by atoms with E-state index in [0.29, 0.717) is 0 Å². The number of aryl methyl sites for hydroxylation is 6. The molecular weight excluding hydrogens is 847 g/mol. The highest BCUT2D eigenvalue weighted by molar-refractivity contribution is 5.52. The van der Waals surface area contributed by atoms with Gasteiger partial charge in [0.1, 0.15) is 17.1 Å². The second-order valence-corrected chi connectivity index (χ2v) is 15.3. The van der Waals surface area contributed by atoms with Crippen molar-refractivity contribution in [3.8, 4) is 0 Å². The van der Waals surface area contributed by atoms with Gasteiger partial charge >= 0.3 is 17.8 Å². The van der Waals surface area contributed by atoms with E-state index in [0.717, 1.165) is 115 Å². The van der Waals surface area contributed by atoms with Gasteiger partial charge in [0.25, 0.3) is 0 Å². The molecule has 0 aliphatic carbocycles. The van der Waals surface area contributed by atoms with E-state index in [4.69, 9.17) is 0 Å². The standard InChI is InChI=1S/C43H57N16.3ClH/c1-53-26-27-54(2)41(53)50-47-38-17-11-35(12-18-38)44-23-8-32-59(7,33-9-24-45-36-13-19-39(20-14-36)48-51-42-55(3)28-29-56(42)4)34-10-25-46-37-15-21-40(22-16-37)49-52-43-57(5)30-31-58(43)6;;;/h11-22,26-31H,8-10,23-25,32-34H2,1-7H3;3*1H/q+1;;;. The van der Waals surface area contributed by atoms with E-state index < -0.39 is 0 Å². The second kappa shape index (κ2) is 24.7. The number of rotatable bonds is 21. The summed E-state index contributed by atoms with van der Waals surface area (Å²) in [6.45, 7) is 5.89. The predicted octanol–water partition coefficient (Wildman–Crippen LogP) is -1.31. The van der Waals surface area contributed by atoms with Crippen molar-refractivity contribution < 1.29 is 55.4 Å². The number of anilines is 3. The van der Waals surface area contributed by atoms with Crippen molar-refractivity contribution in [3.05, 3.63) is 110 Å². The van der Waals surface area contributed by atoms with E-state index in [1.807, 2.05) is 143 Å². The van der Waals surface area contributed by atoms with Crippen LogP contribution in [-0.2, 0) is 42.3 Å². The molecule has 0 unspecified atom stereocenters. The summed E-state index contributed by atoms with van der Waals surface area (Å²) in [5.41, 5.74) is 5.71. The number of imidazole rings is 3. The zero-order valence-corrected chi connectivity index (χ0v) is 39.0. The van der Waals surface area contributed by atoms with E-state index in [1.165, 1.54) is 0 Å².